The average Bonchev–Trinajstić information content (AvgIpc) is 1.65. The fourth-order valence-electron chi connectivity index (χ4n) is 0.164. The summed E-state index contributed by atoms with van der Waals surface area (Å²) in [6.45, 7) is 0. The van der Waals surface area contributed by atoms with Crippen molar-refractivity contribution in [3.63, 3.8) is 0 Å². The van der Waals surface area contributed by atoms with Gasteiger partial charge in [-0.1, -0.05) is 0 Å². The van der Waals surface area contributed by atoms with Crippen LogP contribution in [0.25, 0.3) is 0 Å². The molecule has 0 saturated heterocycles. The molecule has 0 aromatic rings. The summed E-state index contributed by atoms with van der Waals surface area (Å²) in [7, 11) is 1.14. The lowest BCUT2D eigenvalue weighted by Crippen LogP contribution is -1.95. The molecule has 0 rings (SSSR count). The van der Waals surface area contributed by atoms with E-state index in [2.05, 4.69) is 4.74 Å². The second-order valence-electron chi connectivity index (χ2n) is 1.03. The van der Waals surface area contributed by atoms with Crippen LogP contribution in [0.3, 0.4) is 0 Å². The summed E-state index contributed by atoms with van der Waals surface area (Å²) in [6, 6.07) is 0. The Morgan fingerprint density at radius 3 is 2.25 bits per heavy atom. The van der Waals surface area contributed by atoms with E-state index in [4.69, 9.17) is 10.2 Å². The van der Waals surface area contributed by atoms with Gasteiger partial charge in [0.2, 0.25) is 0 Å². The van der Waals surface area contributed by atoms with E-state index in [-0.39, 0.29) is 0 Å². The average molecular weight is 118 g/mol. The standard InChI is InChI=1S/C4H6O4/c1-8-4(7)2-3(5)6/h2,5-6H,1H3. The molecule has 0 heterocycles. The van der Waals surface area contributed by atoms with Crippen molar-refractivity contribution in [1.29, 1.82) is 0 Å². The molecule has 0 radical (unpaired) electrons. The first kappa shape index (κ1) is 6.81. The van der Waals surface area contributed by atoms with Gasteiger partial charge in [-0.25, -0.2) is 4.79 Å². The normalized spacial score (nSPS) is 7.62. The first-order chi connectivity index (χ1) is 3.66. The van der Waals surface area contributed by atoms with E-state index in [1.54, 1.807) is 0 Å². The van der Waals surface area contributed by atoms with Crippen molar-refractivity contribution >= 4 is 5.97 Å². The molecule has 0 aromatic heterocycles. The number of methoxy groups -OCH3 is 1. The predicted octanol–water partition coefficient (Wildman–Crippen LogP) is 0.117. The number of hydrogen-bond acceptors (Lipinski definition) is 4. The van der Waals surface area contributed by atoms with Crippen LogP contribution in [-0.2, 0) is 9.53 Å². The Kier molecular flexibility index (Phi) is 2.47. The van der Waals surface area contributed by atoms with Crippen molar-refractivity contribution in [3.05, 3.63) is 12.0 Å². The number of hydrogen-bond donors (Lipinski definition) is 2. The number of rotatable bonds is 1. The Morgan fingerprint density at radius 2 is 2.12 bits per heavy atom. The molecule has 0 saturated carbocycles. The molecule has 0 spiro atoms. The predicted molar refractivity (Wildman–Crippen MR) is 25.4 cm³/mol. The maximum Gasteiger partial charge on any atom is 0.337 e. The smallest absolute Gasteiger partial charge is 0.337 e. The minimum absolute atomic E-state index is 0.556. The largest absolute Gasteiger partial charge is 0.481 e. The molecule has 0 aliphatic heterocycles. The number of aliphatic hydroxyl groups excluding tert-OH is 1. The van der Waals surface area contributed by atoms with Gasteiger partial charge in [0.15, 0.2) is 0 Å². The number of esters is 1. The van der Waals surface area contributed by atoms with Crippen LogP contribution in [-0.4, -0.2) is 23.3 Å². The Morgan fingerprint density at radius 1 is 1.62 bits per heavy atom. The van der Waals surface area contributed by atoms with E-state index < -0.39 is 11.9 Å². The molecule has 4 heteroatoms. The van der Waals surface area contributed by atoms with Gasteiger partial charge in [-0.2, -0.15) is 0 Å². The van der Waals surface area contributed by atoms with Crippen molar-refractivity contribution in [2.45, 2.75) is 0 Å². The number of carbonyl (C=O) groups excluding carboxylic acids is 1. The van der Waals surface area contributed by atoms with Crippen LogP contribution in [0, 0.1) is 0 Å². The molecule has 0 aliphatic rings. The molecule has 8 heavy (non-hydrogen) atoms. The lowest BCUT2D eigenvalue weighted by molar-refractivity contribution is -0.135. The maximum absolute atomic E-state index is 10.0. The van der Waals surface area contributed by atoms with Crippen LogP contribution in [0.4, 0.5) is 0 Å². The highest BCUT2D eigenvalue weighted by Crippen LogP contribution is 1.80. The van der Waals surface area contributed by atoms with E-state index in [9.17, 15) is 4.79 Å². The fraction of sp³-hybridized carbons (Fsp3) is 0.250. The molecule has 0 bridgehead atoms. The van der Waals surface area contributed by atoms with Gasteiger partial charge in [0, 0.05) is 0 Å². The Labute approximate surface area is 46.0 Å². The third kappa shape index (κ3) is 3.02. The van der Waals surface area contributed by atoms with Crippen LogP contribution < -0.4 is 0 Å². The monoisotopic (exact) mass is 118 g/mol. The summed E-state index contributed by atoms with van der Waals surface area (Å²) in [6.07, 6.45) is 0.556. The van der Waals surface area contributed by atoms with Crippen molar-refractivity contribution in [2.75, 3.05) is 7.11 Å². The van der Waals surface area contributed by atoms with E-state index in [1.165, 1.54) is 0 Å². The zero-order valence-electron chi connectivity index (χ0n) is 4.29. The Bertz CT molecular complexity index is 111. The molecule has 0 amide bonds. The van der Waals surface area contributed by atoms with Crippen LogP contribution in [0.2, 0.25) is 0 Å². The second-order valence-corrected chi connectivity index (χ2v) is 1.03. The van der Waals surface area contributed by atoms with Crippen LogP contribution in [0.15, 0.2) is 12.0 Å². The number of aliphatic hydroxyl groups is 2. The molecule has 46 valence electrons. The summed E-state index contributed by atoms with van der Waals surface area (Å²) in [4.78, 5) is 10.0. The molecule has 0 aromatic carbocycles. The van der Waals surface area contributed by atoms with Crippen LogP contribution in [0.5, 0.6) is 0 Å². The lowest BCUT2D eigenvalue weighted by Gasteiger charge is -1.87. The third-order valence-electron chi connectivity index (χ3n) is 0.448. The topological polar surface area (TPSA) is 66.8 Å². The molecule has 0 atom stereocenters. The molecular weight excluding hydrogens is 112 g/mol. The van der Waals surface area contributed by atoms with Crippen LogP contribution >= 0.6 is 0 Å². The van der Waals surface area contributed by atoms with Gasteiger partial charge in [-0.15, -0.1) is 0 Å². The molecule has 4 nitrogen and oxygen atoms in total. The first-order valence-electron chi connectivity index (χ1n) is 1.84. The summed E-state index contributed by atoms with van der Waals surface area (Å²) in [5, 5.41) is 15.9. The highest BCUT2D eigenvalue weighted by Gasteiger charge is 1.93. The Hall–Kier alpha value is -1.19. The van der Waals surface area contributed by atoms with Crippen molar-refractivity contribution in [1.82, 2.24) is 0 Å². The first-order valence-corrected chi connectivity index (χ1v) is 1.84. The summed E-state index contributed by atoms with van der Waals surface area (Å²) in [5.41, 5.74) is 0. The fourth-order valence-corrected chi connectivity index (χ4v) is 0.164. The van der Waals surface area contributed by atoms with Gasteiger partial charge in [-0.05, 0) is 0 Å². The number of ether oxygens (including phenoxy) is 1. The van der Waals surface area contributed by atoms with Gasteiger partial charge in [0.1, 0.15) is 6.08 Å². The zero-order valence-corrected chi connectivity index (χ0v) is 4.29. The maximum atomic E-state index is 10.0. The molecule has 0 aliphatic carbocycles. The highest BCUT2D eigenvalue weighted by molar-refractivity contribution is 5.81. The minimum Gasteiger partial charge on any atom is -0.481 e. The summed E-state index contributed by atoms with van der Waals surface area (Å²) < 4.78 is 4.03. The zero-order chi connectivity index (χ0) is 6.57. The minimum atomic E-state index is -1.04. The van der Waals surface area contributed by atoms with Gasteiger partial charge in [0.25, 0.3) is 5.95 Å². The summed E-state index contributed by atoms with van der Waals surface area (Å²) >= 11 is 0. The lowest BCUT2D eigenvalue weighted by atomic mass is 10.6. The third-order valence-corrected chi connectivity index (χ3v) is 0.448. The van der Waals surface area contributed by atoms with E-state index in [0.717, 1.165) is 7.11 Å². The SMILES string of the molecule is COC(=O)C=C(O)O. The molecule has 0 unspecified atom stereocenters. The molecule has 0 fully saturated rings. The van der Waals surface area contributed by atoms with Crippen molar-refractivity contribution < 1.29 is 19.7 Å². The van der Waals surface area contributed by atoms with Gasteiger partial charge in [-0.3, -0.25) is 0 Å². The van der Waals surface area contributed by atoms with E-state index >= 15 is 0 Å². The van der Waals surface area contributed by atoms with Gasteiger partial charge < -0.3 is 14.9 Å². The second kappa shape index (κ2) is 2.90. The highest BCUT2D eigenvalue weighted by atomic mass is 16.5. The summed E-state index contributed by atoms with van der Waals surface area (Å²) in [5.74, 6) is -1.83. The van der Waals surface area contributed by atoms with Gasteiger partial charge in [0.05, 0.1) is 7.11 Å². The quantitative estimate of drug-likeness (QED) is 0.291. The number of carbonyl (C=O) groups is 1. The van der Waals surface area contributed by atoms with E-state index in [0.29, 0.717) is 6.08 Å². The Balaban J connectivity index is 3.70. The van der Waals surface area contributed by atoms with Gasteiger partial charge >= 0.3 is 5.97 Å². The molecular formula is C4H6O4. The van der Waals surface area contributed by atoms with Crippen molar-refractivity contribution in [3.8, 4) is 0 Å². The van der Waals surface area contributed by atoms with Crippen molar-refractivity contribution in [2.24, 2.45) is 0 Å². The van der Waals surface area contributed by atoms with Crippen LogP contribution in [0.1, 0.15) is 0 Å². The molecule has 2 N–H and O–H groups in total. The van der Waals surface area contributed by atoms with E-state index in [1.807, 2.05) is 0 Å².